The zero-order valence-corrected chi connectivity index (χ0v) is 14.8. The van der Waals surface area contributed by atoms with Gasteiger partial charge >= 0.3 is 0 Å². The molecule has 0 amide bonds. The highest BCUT2D eigenvalue weighted by molar-refractivity contribution is 8.00. The SMILES string of the molecule is CC[C@@H]1CCc2sc(-c3nnc(S[C@H](C)C#N)n3C)cc2C1. The molecule has 22 heavy (non-hydrogen) atoms. The first-order valence-corrected chi connectivity index (χ1v) is 9.39. The van der Waals surface area contributed by atoms with E-state index in [1.54, 1.807) is 0 Å². The highest BCUT2D eigenvalue weighted by atomic mass is 32.2. The van der Waals surface area contributed by atoms with Gasteiger partial charge in [-0.15, -0.1) is 21.5 Å². The number of aromatic nitrogens is 3. The Bertz CT molecular complexity index is 710. The largest absolute Gasteiger partial charge is 0.304 e. The molecule has 6 heteroatoms. The van der Waals surface area contributed by atoms with Crippen LogP contribution >= 0.6 is 23.1 Å². The monoisotopic (exact) mass is 332 g/mol. The Labute approximate surface area is 139 Å². The molecule has 0 aromatic carbocycles. The maximum atomic E-state index is 8.94. The summed E-state index contributed by atoms with van der Waals surface area (Å²) in [4.78, 5) is 2.72. The molecule has 0 unspecified atom stereocenters. The maximum Gasteiger partial charge on any atom is 0.192 e. The molecule has 0 spiro atoms. The Morgan fingerprint density at radius 3 is 3.09 bits per heavy atom. The Balaban J connectivity index is 1.87. The molecule has 0 radical (unpaired) electrons. The fourth-order valence-corrected chi connectivity index (χ4v) is 4.80. The maximum absolute atomic E-state index is 8.94. The van der Waals surface area contributed by atoms with Crippen LogP contribution in [0, 0.1) is 17.2 Å². The number of nitrogens with zero attached hydrogens (tertiary/aromatic N) is 4. The number of hydrogen-bond acceptors (Lipinski definition) is 5. The van der Waals surface area contributed by atoms with Crippen molar-refractivity contribution in [3.8, 4) is 16.8 Å². The minimum Gasteiger partial charge on any atom is -0.304 e. The van der Waals surface area contributed by atoms with E-state index in [9.17, 15) is 0 Å². The molecule has 116 valence electrons. The fraction of sp³-hybridized carbons (Fsp3) is 0.562. The lowest BCUT2D eigenvalue weighted by atomic mass is 9.87. The molecule has 0 saturated carbocycles. The van der Waals surface area contributed by atoms with E-state index in [2.05, 4.69) is 29.3 Å². The van der Waals surface area contributed by atoms with Gasteiger partial charge in [0.05, 0.1) is 16.2 Å². The van der Waals surface area contributed by atoms with Crippen molar-refractivity contribution in [2.75, 3.05) is 0 Å². The Morgan fingerprint density at radius 2 is 2.36 bits per heavy atom. The topological polar surface area (TPSA) is 54.5 Å². The van der Waals surface area contributed by atoms with Crippen molar-refractivity contribution in [2.24, 2.45) is 13.0 Å². The lowest BCUT2D eigenvalue weighted by molar-refractivity contribution is 0.449. The highest BCUT2D eigenvalue weighted by Crippen LogP contribution is 2.38. The molecular weight excluding hydrogens is 312 g/mol. The average molecular weight is 332 g/mol. The van der Waals surface area contributed by atoms with Crippen LogP contribution in [0.3, 0.4) is 0 Å². The third-order valence-corrected chi connectivity index (χ3v) is 6.54. The number of hydrogen-bond donors (Lipinski definition) is 0. The van der Waals surface area contributed by atoms with E-state index in [4.69, 9.17) is 5.26 Å². The first kappa shape index (κ1) is 15.6. The van der Waals surface area contributed by atoms with Crippen LogP contribution in [0.1, 0.15) is 37.1 Å². The van der Waals surface area contributed by atoms with Crippen LogP contribution in [0.25, 0.3) is 10.7 Å². The van der Waals surface area contributed by atoms with Crippen molar-refractivity contribution in [3.05, 3.63) is 16.5 Å². The van der Waals surface area contributed by atoms with Crippen LogP contribution in [0.2, 0.25) is 0 Å². The fourth-order valence-electron chi connectivity index (χ4n) is 2.87. The van der Waals surface area contributed by atoms with Gasteiger partial charge in [-0.1, -0.05) is 25.1 Å². The predicted molar refractivity (Wildman–Crippen MR) is 91.1 cm³/mol. The number of thioether (sulfide) groups is 1. The van der Waals surface area contributed by atoms with E-state index in [1.807, 2.05) is 29.9 Å². The first-order chi connectivity index (χ1) is 10.6. The van der Waals surface area contributed by atoms with Crippen molar-refractivity contribution in [1.29, 1.82) is 5.26 Å². The van der Waals surface area contributed by atoms with Crippen molar-refractivity contribution in [3.63, 3.8) is 0 Å². The zero-order chi connectivity index (χ0) is 15.7. The summed E-state index contributed by atoms with van der Waals surface area (Å²) >= 11 is 3.31. The molecule has 0 saturated heterocycles. The van der Waals surface area contributed by atoms with Crippen LogP contribution in [0.5, 0.6) is 0 Å². The minimum atomic E-state index is -0.113. The van der Waals surface area contributed by atoms with Gasteiger partial charge in [-0.2, -0.15) is 5.26 Å². The minimum absolute atomic E-state index is 0.113. The van der Waals surface area contributed by atoms with Crippen LogP contribution < -0.4 is 0 Å². The molecule has 2 atom stereocenters. The molecular formula is C16H20N4S2. The third-order valence-electron chi connectivity index (χ3n) is 4.28. The predicted octanol–water partition coefficient (Wildman–Crippen LogP) is 4.06. The second-order valence-corrected chi connectivity index (χ2v) is 8.28. The van der Waals surface area contributed by atoms with Gasteiger partial charge in [-0.05, 0) is 43.7 Å². The van der Waals surface area contributed by atoms with Gasteiger partial charge in [0.2, 0.25) is 0 Å². The van der Waals surface area contributed by atoms with Gasteiger partial charge in [0, 0.05) is 11.9 Å². The number of fused-ring (bicyclic) bond motifs is 1. The van der Waals surface area contributed by atoms with Crippen molar-refractivity contribution in [1.82, 2.24) is 14.8 Å². The van der Waals surface area contributed by atoms with Crippen molar-refractivity contribution >= 4 is 23.1 Å². The number of rotatable bonds is 4. The average Bonchev–Trinajstić information content (AvgIpc) is 3.10. The summed E-state index contributed by atoms with van der Waals surface area (Å²) in [5.74, 6) is 1.75. The van der Waals surface area contributed by atoms with Crippen molar-refractivity contribution in [2.45, 2.75) is 49.9 Å². The third kappa shape index (κ3) is 2.92. The Hall–Kier alpha value is -1.32. The van der Waals surface area contributed by atoms with Crippen LogP contribution in [-0.4, -0.2) is 20.0 Å². The van der Waals surface area contributed by atoms with Gasteiger partial charge in [0.1, 0.15) is 0 Å². The summed E-state index contributed by atoms with van der Waals surface area (Å²) in [5, 5.41) is 18.2. The summed E-state index contributed by atoms with van der Waals surface area (Å²) in [6.07, 6.45) is 4.97. The number of nitriles is 1. The molecule has 1 aliphatic rings. The molecule has 3 rings (SSSR count). The van der Waals surface area contributed by atoms with Gasteiger partial charge in [0.25, 0.3) is 0 Å². The van der Waals surface area contributed by atoms with Crippen LogP contribution in [0.15, 0.2) is 11.2 Å². The zero-order valence-electron chi connectivity index (χ0n) is 13.2. The smallest absolute Gasteiger partial charge is 0.192 e. The lowest BCUT2D eigenvalue weighted by Crippen LogP contribution is -2.10. The summed E-state index contributed by atoms with van der Waals surface area (Å²) in [5.41, 5.74) is 1.50. The second-order valence-electron chi connectivity index (χ2n) is 5.83. The normalized spacial score (nSPS) is 18.7. The summed E-state index contributed by atoms with van der Waals surface area (Å²) in [6.45, 7) is 4.17. The molecule has 0 bridgehead atoms. The Morgan fingerprint density at radius 1 is 1.55 bits per heavy atom. The van der Waals surface area contributed by atoms with E-state index in [0.717, 1.165) is 16.9 Å². The summed E-state index contributed by atoms with van der Waals surface area (Å²) < 4.78 is 2.01. The van der Waals surface area contributed by atoms with E-state index in [-0.39, 0.29) is 5.25 Å². The molecule has 0 aliphatic heterocycles. The molecule has 0 fully saturated rings. The molecule has 2 heterocycles. The molecule has 2 aromatic rings. The van der Waals surface area contributed by atoms with Gasteiger partial charge < -0.3 is 4.57 Å². The van der Waals surface area contributed by atoms with Gasteiger partial charge in [-0.3, -0.25) is 0 Å². The lowest BCUT2D eigenvalue weighted by Gasteiger charge is -2.19. The van der Waals surface area contributed by atoms with E-state index >= 15 is 0 Å². The number of thiophene rings is 1. The Kier molecular flexibility index (Phi) is 4.55. The van der Waals surface area contributed by atoms with Crippen LogP contribution in [0.4, 0.5) is 0 Å². The van der Waals surface area contributed by atoms with E-state index in [0.29, 0.717) is 0 Å². The highest BCUT2D eigenvalue weighted by Gasteiger charge is 2.22. The summed E-state index contributed by atoms with van der Waals surface area (Å²) in [7, 11) is 1.98. The van der Waals surface area contributed by atoms with E-state index in [1.165, 1.54) is 52.8 Å². The van der Waals surface area contributed by atoms with Crippen LogP contribution in [-0.2, 0) is 19.9 Å². The molecule has 1 aliphatic carbocycles. The molecule has 2 aromatic heterocycles. The standard InChI is InChI=1S/C16H20N4S2/c1-4-11-5-6-13-12(7-11)8-14(22-13)15-18-19-16(20(15)3)21-10(2)9-17/h8,10-11H,4-7H2,1-3H3/t10-,11-/m1/s1. The second kappa shape index (κ2) is 6.43. The van der Waals surface area contributed by atoms with E-state index < -0.39 is 0 Å². The summed E-state index contributed by atoms with van der Waals surface area (Å²) in [6, 6.07) is 4.52. The van der Waals surface area contributed by atoms with Gasteiger partial charge in [0.15, 0.2) is 11.0 Å². The van der Waals surface area contributed by atoms with Crippen molar-refractivity contribution < 1.29 is 0 Å². The molecule has 4 nitrogen and oxygen atoms in total. The molecule has 0 N–H and O–H groups in total. The number of aryl methyl sites for hydroxylation is 1. The quantitative estimate of drug-likeness (QED) is 0.792. The van der Waals surface area contributed by atoms with Gasteiger partial charge in [-0.25, -0.2) is 0 Å². The first-order valence-electron chi connectivity index (χ1n) is 7.70.